The number of aromatic nitrogens is 2. The van der Waals surface area contributed by atoms with Crippen LogP contribution in [0.4, 0.5) is 8.78 Å². The van der Waals surface area contributed by atoms with Crippen LogP contribution in [0.3, 0.4) is 0 Å². The number of nitrogens with zero attached hydrogens (tertiary/aromatic N) is 3. The van der Waals surface area contributed by atoms with Crippen LogP contribution in [-0.4, -0.2) is 27.0 Å². The second-order valence-corrected chi connectivity index (χ2v) is 7.05. The van der Waals surface area contributed by atoms with Crippen molar-refractivity contribution in [1.82, 2.24) is 14.5 Å². The fraction of sp³-hybridized carbons (Fsp3) is 0.222. The third-order valence-corrected chi connectivity index (χ3v) is 5.09. The van der Waals surface area contributed by atoms with Crippen molar-refractivity contribution in [3.63, 3.8) is 0 Å². The van der Waals surface area contributed by atoms with E-state index in [9.17, 15) is 13.6 Å². The quantitative estimate of drug-likeness (QED) is 0.610. The Hall–Kier alpha value is -2.28. The summed E-state index contributed by atoms with van der Waals surface area (Å²) >= 11 is 3.37. The lowest BCUT2D eigenvalue weighted by molar-refractivity contribution is 0.0670. The fourth-order valence-corrected chi connectivity index (χ4v) is 3.63. The van der Waals surface area contributed by atoms with Gasteiger partial charge in [-0.1, -0.05) is 0 Å². The van der Waals surface area contributed by atoms with Crippen LogP contribution in [-0.2, 0) is 6.42 Å². The van der Waals surface area contributed by atoms with Crippen molar-refractivity contribution in [1.29, 1.82) is 0 Å². The van der Waals surface area contributed by atoms with Gasteiger partial charge < -0.3 is 4.90 Å². The van der Waals surface area contributed by atoms with Gasteiger partial charge in [-0.25, -0.2) is 13.3 Å². The summed E-state index contributed by atoms with van der Waals surface area (Å²) in [6.45, 7) is 2.26. The monoisotopic (exact) mass is 405 g/mol. The van der Waals surface area contributed by atoms with Crippen molar-refractivity contribution in [2.75, 3.05) is 6.54 Å². The molecule has 1 aliphatic rings. The minimum Gasteiger partial charge on any atom is -0.330 e. The lowest BCUT2D eigenvalue weighted by Crippen LogP contribution is -2.39. The van der Waals surface area contributed by atoms with E-state index in [0.717, 1.165) is 15.6 Å². The van der Waals surface area contributed by atoms with E-state index in [-0.39, 0.29) is 11.9 Å². The average Bonchev–Trinajstić information content (AvgIpc) is 2.99. The van der Waals surface area contributed by atoms with E-state index in [1.54, 1.807) is 21.7 Å². The molecule has 0 saturated carbocycles. The van der Waals surface area contributed by atoms with E-state index in [4.69, 9.17) is 0 Å². The molecule has 1 unspecified atom stereocenters. The van der Waals surface area contributed by atoms with Crippen LogP contribution in [0, 0.1) is 11.6 Å². The number of hydrogen-bond acceptors (Lipinski definition) is 2. The van der Waals surface area contributed by atoms with Crippen molar-refractivity contribution in [3.8, 4) is 0 Å². The van der Waals surface area contributed by atoms with Gasteiger partial charge in [-0.05, 0) is 70.7 Å². The molecule has 1 aliphatic heterocycles. The summed E-state index contributed by atoms with van der Waals surface area (Å²) in [6.07, 6.45) is 2.26. The van der Waals surface area contributed by atoms with E-state index in [1.165, 1.54) is 12.1 Å². The topological polar surface area (TPSA) is 37.6 Å². The van der Waals surface area contributed by atoms with Crippen LogP contribution in [0.2, 0.25) is 0 Å². The molecule has 4 nitrogen and oxygen atoms in total. The minimum atomic E-state index is -0.891. The molecular formula is C18H14BrF2N3O. The molecule has 1 aromatic carbocycles. The molecule has 2 aromatic heterocycles. The third-order valence-electron chi connectivity index (χ3n) is 4.63. The van der Waals surface area contributed by atoms with Crippen LogP contribution in [0.15, 0.2) is 41.0 Å². The van der Waals surface area contributed by atoms with Gasteiger partial charge in [-0.15, -0.1) is 0 Å². The van der Waals surface area contributed by atoms with Gasteiger partial charge in [0, 0.05) is 17.2 Å². The lowest BCUT2D eigenvalue weighted by atomic mass is 9.93. The molecule has 0 aliphatic carbocycles. The molecule has 4 rings (SSSR count). The van der Waals surface area contributed by atoms with E-state index in [1.807, 2.05) is 19.1 Å². The van der Waals surface area contributed by atoms with Crippen molar-refractivity contribution < 1.29 is 13.6 Å². The Morgan fingerprint density at radius 3 is 2.80 bits per heavy atom. The summed E-state index contributed by atoms with van der Waals surface area (Å²) < 4.78 is 29.5. The normalized spacial score (nSPS) is 17.0. The summed E-state index contributed by atoms with van der Waals surface area (Å²) in [4.78, 5) is 14.5. The van der Waals surface area contributed by atoms with Gasteiger partial charge in [-0.3, -0.25) is 4.79 Å². The van der Waals surface area contributed by atoms with Crippen molar-refractivity contribution in [2.45, 2.75) is 19.4 Å². The number of amides is 1. The molecule has 1 amide bonds. The Morgan fingerprint density at radius 2 is 2.00 bits per heavy atom. The second-order valence-electron chi connectivity index (χ2n) is 6.14. The number of rotatable bonds is 1. The smallest absolute Gasteiger partial charge is 0.274 e. The highest BCUT2D eigenvalue weighted by Crippen LogP contribution is 2.32. The number of halogens is 3. The lowest BCUT2D eigenvalue weighted by Gasteiger charge is -2.35. The molecule has 0 N–H and O–H groups in total. The van der Waals surface area contributed by atoms with E-state index in [0.29, 0.717) is 24.2 Å². The van der Waals surface area contributed by atoms with Gasteiger partial charge in [0.15, 0.2) is 17.3 Å². The van der Waals surface area contributed by atoms with Gasteiger partial charge in [0.1, 0.15) is 0 Å². The van der Waals surface area contributed by atoms with Gasteiger partial charge in [0.2, 0.25) is 0 Å². The second kappa shape index (κ2) is 5.91. The predicted molar refractivity (Wildman–Crippen MR) is 92.4 cm³/mol. The maximum atomic E-state index is 13.6. The summed E-state index contributed by atoms with van der Waals surface area (Å²) in [6, 6.07) is 7.54. The summed E-state index contributed by atoms with van der Waals surface area (Å²) in [7, 11) is 0. The highest BCUT2D eigenvalue weighted by molar-refractivity contribution is 9.10. The molecule has 0 bridgehead atoms. The minimum absolute atomic E-state index is 0.220. The summed E-state index contributed by atoms with van der Waals surface area (Å²) in [5.74, 6) is -1.96. The molecule has 0 spiro atoms. The molecule has 7 heteroatoms. The number of fused-ring (bicyclic) bond motifs is 2. The Kier molecular flexibility index (Phi) is 3.83. The van der Waals surface area contributed by atoms with Gasteiger partial charge >= 0.3 is 0 Å². The summed E-state index contributed by atoms with van der Waals surface area (Å²) in [5, 5.41) is 4.33. The van der Waals surface area contributed by atoms with Crippen molar-refractivity contribution >= 4 is 27.4 Å². The molecule has 3 heterocycles. The zero-order valence-electron chi connectivity index (χ0n) is 13.3. The summed E-state index contributed by atoms with van der Waals surface area (Å²) in [5.41, 5.74) is 2.53. The van der Waals surface area contributed by atoms with Gasteiger partial charge in [-0.2, -0.15) is 5.10 Å². The first-order valence-electron chi connectivity index (χ1n) is 7.88. The molecule has 0 saturated heterocycles. The van der Waals surface area contributed by atoms with Crippen molar-refractivity contribution in [2.24, 2.45) is 0 Å². The molecule has 128 valence electrons. The van der Waals surface area contributed by atoms with Gasteiger partial charge in [0.05, 0.1) is 11.6 Å². The Balaban J connectivity index is 1.68. The van der Waals surface area contributed by atoms with Gasteiger partial charge in [0.25, 0.3) is 5.91 Å². The number of carbonyl (C=O) groups is 1. The van der Waals surface area contributed by atoms with Crippen LogP contribution in [0.1, 0.15) is 34.6 Å². The SMILES string of the molecule is CC1c2cc(F)c(F)cc2CCN1C(=O)c1cc2ccc(Br)cn2n1. The average molecular weight is 406 g/mol. The maximum absolute atomic E-state index is 13.6. The zero-order chi connectivity index (χ0) is 17.7. The van der Waals surface area contributed by atoms with Crippen LogP contribution in [0.5, 0.6) is 0 Å². The highest BCUT2D eigenvalue weighted by Gasteiger charge is 2.30. The zero-order valence-corrected chi connectivity index (χ0v) is 14.9. The first-order valence-corrected chi connectivity index (χ1v) is 8.67. The predicted octanol–water partition coefficient (Wildman–Crippen LogP) is 4.13. The van der Waals surface area contributed by atoms with E-state index < -0.39 is 11.6 Å². The van der Waals surface area contributed by atoms with E-state index in [2.05, 4.69) is 21.0 Å². The fourth-order valence-electron chi connectivity index (χ4n) is 3.30. The first kappa shape index (κ1) is 16.2. The number of carbonyl (C=O) groups excluding carboxylic acids is 1. The van der Waals surface area contributed by atoms with Crippen LogP contribution >= 0.6 is 15.9 Å². The maximum Gasteiger partial charge on any atom is 0.274 e. The first-order chi connectivity index (χ1) is 11.9. The third kappa shape index (κ3) is 2.72. The Labute approximate surface area is 151 Å². The van der Waals surface area contributed by atoms with Crippen LogP contribution in [0.25, 0.3) is 5.52 Å². The number of hydrogen-bond donors (Lipinski definition) is 0. The Bertz CT molecular complexity index is 1000. The molecule has 0 fully saturated rings. The molecular weight excluding hydrogens is 392 g/mol. The number of benzene rings is 1. The van der Waals surface area contributed by atoms with Crippen molar-refractivity contribution in [3.05, 3.63) is 69.5 Å². The Morgan fingerprint density at radius 1 is 1.24 bits per heavy atom. The largest absolute Gasteiger partial charge is 0.330 e. The molecule has 25 heavy (non-hydrogen) atoms. The van der Waals surface area contributed by atoms with E-state index >= 15 is 0 Å². The molecule has 1 atom stereocenters. The molecule has 3 aromatic rings. The highest BCUT2D eigenvalue weighted by atomic mass is 79.9. The van der Waals surface area contributed by atoms with Crippen LogP contribution < -0.4 is 0 Å². The standard InChI is InChI=1S/C18H14BrF2N3O/c1-10-14-8-16(21)15(20)6-11(14)4-5-23(10)18(25)17-7-13-3-2-12(19)9-24(13)22-17/h2-3,6-10H,4-5H2,1H3. The molecule has 0 radical (unpaired) electrons. The number of pyridine rings is 1.